The van der Waals surface area contributed by atoms with Crippen LogP contribution in [0.1, 0.15) is 26.7 Å². The Bertz CT molecular complexity index is 184. The molecule has 5 heteroatoms. The second-order valence-electron chi connectivity index (χ2n) is 3.62. The quantitative estimate of drug-likeness (QED) is 0.361. The van der Waals surface area contributed by atoms with E-state index in [2.05, 4.69) is 19.3 Å². The number of rotatable bonds is 7. The number of nitrogens with two attached hydrogens (primary N) is 1. The Labute approximate surface area is 91.9 Å². The van der Waals surface area contributed by atoms with Gasteiger partial charge in [0.2, 0.25) is 0 Å². The molecule has 0 aromatic rings. The maximum atomic E-state index is 11.5. The summed E-state index contributed by atoms with van der Waals surface area (Å²) in [4.78, 5) is 13.5. The third-order valence-electron chi connectivity index (χ3n) is 2.78. The van der Waals surface area contributed by atoms with Crippen molar-refractivity contribution in [1.29, 1.82) is 0 Å². The van der Waals surface area contributed by atoms with Crippen molar-refractivity contribution in [3.8, 4) is 0 Å². The summed E-state index contributed by atoms with van der Waals surface area (Å²) in [6.07, 6.45) is 2.01. The molecular weight excluding hydrogens is 194 g/mol. The number of methoxy groups -OCH3 is 1. The average molecular weight is 217 g/mol. The van der Waals surface area contributed by atoms with Gasteiger partial charge in [0.1, 0.15) is 6.04 Å². The number of carbonyl (C=O) groups is 1. The first-order valence-corrected chi connectivity index (χ1v) is 5.33. The predicted octanol–water partition coefficient (Wildman–Crippen LogP) is 0.112. The zero-order chi connectivity index (χ0) is 11.8. The number of hydrazine groups is 1. The van der Waals surface area contributed by atoms with Crippen LogP contribution in [-0.4, -0.2) is 43.7 Å². The van der Waals surface area contributed by atoms with E-state index in [0.29, 0.717) is 12.6 Å². The summed E-state index contributed by atoms with van der Waals surface area (Å²) in [6, 6.07) is 0.0624. The van der Waals surface area contributed by atoms with E-state index in [1.54, 1.807) is 7.11 Å². The van der Waals surface area contributed by atoms with Gasteiger partial charge in [0.05, 0.1) is 6.61 Å². The number of likely N-dealkylation sites (N-methyl/N-ethyl adjacent to an activating group) is 1. The highest BCUT2D eigenvalue weighted by Crippen LogP contribution is 2.10. The van der Waals surface area contributed by atoms with E-state index < -0.39 is 0 Å². The number of amides is 1. The first-order chi connectivity index (χ1) is 7.12. The normalized spacial score (nSPS) is 13.3. The second-order valence-corrected chi connectivity index (χ2v) is 3.62. The van der Waals surface area contributed by atoms with Crippen LogP contribution < -0.4 is 11.3 Å². The lowest BCUT2D eigenvalue weighted by atomic mass is 10.1. The van der Waals surface area contributed by atoms with Crippen LogP contribution in [-0.2, 0) is 9.53 Å². The Morgan fingerprint density at radius 2 is 2.00 bits per heavy atom. The van der Waals surface area contributed by atoms with Crippen LogP contribution in [0, 0.1) is 0 Å². The molecule has 0 bridgehead atoms. The zero-order valence-corrected chi connectivity index (χ0v) is 10.1. The Hall–Kier alpha value is -0.650. The van der Waals surface area contributed by atoms with E-state index in [9.17, 15) is 4.79 Å². The van der Waals surface area contributed by atoms with Gasteiger partial charge in [0.25, 0.3) is 5.91 Å². The van der Waals surface area contributed by atoms with Gasteiger partial charge in [0.15, 0.2) is 0 Å². The van der Waals surface area contributed by atoms with E-state index in [0.717, 1.165) is 12.8 Å². The van der Waals surface area contributed by atoms with E-state index >= 15 is 0 Å². The summed E-state index contributed by atoms with van der Waals surface area (Å²) in [6.45, 7) is 4.57. The fraction of sp³-hybridized carbons (Fsp3) is 0.900. The van der Waals surface area contributed by atoms with Crippen molar-refractivity contribution >= 4 is 5.91 Å². The Morgan fingerprint density at radius 1 is 1.47 bits per heavy atom. The number of carbonyl (C=O) groups excluding carboxylic acids is 1. The van der Waals surface area contributed by atoms with Crippen LogP contribution in [0.5, 0.6) is 0 Å². The monoisotopic (exact) mass is 217 g/mol. The summed E-state index contributed by atoms with van der Waals surface area (Å²) in [5.74, 6) is 4.94. The fourth-order valence-electron chi connectivity index (χ4n) is 1.75. The van der Waals surface area contributed by atoms with Crippen LogP contribution >= 0.6 is 0 Å². The summed E-state index contributed by atoms with van der Waals surface area (Å²) in [5.41, 5.74) is 2.17. The minimum absolute atomic E-state index is 0.203. The molecule has 15 heavy (non-hydrogen) atoms. The SMILES string of the molecule is CCC(CC)N(C)C(COC)C(=O)NN. The van der Waals surface area contributed by atoms with Crippen molar-refractivity contribution in [2.45, 2.75) is 38.8 Å². The molecule has 0 aromatic carbocycles. The molecule has 0 radical (unpaired) electrons. The topological polar surface area (TPSA) is 67.6 Å². The number of ether oxygens (including phenoxy) is 1. The third kappa shape index (κ3) is 4.15. The van der Waals surface area contributed by atoms with Gasteiger partial charge >= 0.3 is 0 Å². The van der Waals surface area contributed by atoms with Gasteiger partial charge in [-0.1, -0.05) is 13.8 Å². The van der Waals surface area contributed by atoms with Crippen molar-refractivity contribution in [2.75, 3.05) is 20.8 Å². The van der Waals surface area contributed by atoms with Crippen molar-refractivity contribution in [1.82, 2.24) is 10.3 Å². The maximum absolute atomic E-state index is 11.5. The number of nitrogens with zero attached hydrogens (tertiary/aromatic N) is 1. The maximum Gasteiger partial charge on any atom is 0.253 e. The van der Waals surface area contributed by atoms with Crippen LogP contribution in [0.2, 0.25) is 0 Å². The first kappa shape index (κ1) is 14.3. The molecule has 0 fully saturated rings. The molecule has 3 N–H and O–H groups in total. The van der Waals surface area contributed by atoms with Crippen LogP contribution in [0.3, 0.4) is 0 Å². The standard InChI is InChI=1S/C10H23N3O2/c1-5-8(6-2)13(3)9(7-15-4)10(14)12-11/h8-9H,5-7,11H2,1-4H3,(H,12,14). The molecule has 0 aliphatic carbocycles. The minimum atomic E-state index is -0.315. The summed E-state index contributed by atoms with van der Waals surface area (Å²) >= 11 is 0. The molecule has 0 saturated heterocycles. The van der Waals surface area contributed by atoms with Crippen molar-refractivity contribution < 1.29 is 9.53 Å². The lowest BCUT2D eigenvalue weighted by Gasteiger charge is -2.32. The van der Waals surface area contributed by atoms with Gasteiger partial charge in [0, 0.05) is 13.2 Å². The summed E-state index contributed by atoms with van der Waals surface area (Å²) in [7, 11) is 3.51. The largest absolute Gasteiger partial charge is 0.383 e. The van der Waals surface area contributed by atoms with E-state index in [1.165, 1.54) is 0 Å². The smallest absolute Gasteiger partial charge is 0.253 e. The molecule has 1 unspecified atom stereocenters. The molecule has 0 heterocycles. The van der Waals surface area contributed by atoms with Gasteiger partial charge in [-0.2, -0.15) is 0 Å². The van der Waals surface area contributed by atoms with Crippen molar-refractivity contribution in [3.63, 3.8) is 0 Å². The van der Waals surface area contributed by atoms with Crippen molar-refractivity contribution in [2.24, 2.45) is 5.84 Å². The Morgan fingerprint density at radius 3 is 2.33 bits per heavy atom. The zero-order valence-electron chi connectivity index (χ0n) is 10.1. The fourth-order valence-corrected chi connectivity index (χ4v) is 1.75. The molecule has 90 valence electrons. The van der Waals surface area contributed by atoms with Crippen LogP contribution in [0.15, 0.2) is 0 Å². The van der Waals surface area contributed by atoms with E-state index in [1.807, 2.05) is 11.9 Å². The lowest BCUT2D eigenvalue weighted by molar-refractivity contribution is -0.128. The summed E-state index contributed by atoms with van der Waals surface area (Å²) < 4.78 is 5.03. The van der Waals surface area contributed by atoms with E-state index in [-0.39, 0.29) is 11.9 Å². The summed E-state index contributed by atoms with van der Waals surface area (Å²) in [5, 5.41) is 0. The lowest BCUT2D eigenvalue weighted by Crippen LogP contribution is -2.52. The molecule has 0 aromatic heterocycles. The Balaban J connectivity index is 4.51. The molecule has 0 saturated carbocycles. The number of hydrogen-bond acceptors (Lipinski definition) is 4. The molecule has 1 atom stereocenters. The highest BCUT2D eigenvalue weighted by molar-refractivity contribution is 5.81. The average Bonchev–Trinajstić information content (AvgIpc) is 2.26. The molecule has 0 spiro atoms. The van der Waals surface area contributed by atoms with Gasteiger partial charge in [-0.15, -0.1) is 0 Å². The number of nitrogens with one attached hydrogen (secondary N) is 1. The predicted molar refractivity (Wildman–Crippen MR) is 60.1 cm³/mol. The minimum Gasteiger partial charge on any atom is -0.383 e. The third-order valence-corrected chi connectivity index (χ3v) is 2.78. The molecule has 1 amide bonds. The molecule has 5 nitrogen and oxygen atoms in total. The van der Waals surface area contributed by atoms with Crippen LogP contribution in [0.25, 0.3) is 0 Å². The highest BCUT2D eigenvalue weighted by atomic mass is 16.5. The van der Waals surface area contributed by atoms with Crippen LogP contribution in [0.4, 0.5) is 0 Å². The number of hydrogen-bond donors (Lipinski definition) is 2. The first-order valence-electron chi connectivity index (χ1n) is 5.33. The van der Waals surface area contributed by atoms with Gasteiger partial charge < -0.3 is 4.74 Å². The molecule has 0 rings (SSSR count). The molecular formula is C10H23N3O2. The Kier molecular flexibility index (Phi) is 7.29. The molecule has 0 aliphatic heterocycles. The van der Waals surface area contributed by atoms with Gasteiger partial charge in [-0.25, -0.2) is 5.84 Å². The van der Waals surface area contributed by atoms with Gasteiger partial charge in [-0.05, 0) is 19.9 Å². The van der Waals surface area contributed by atoms with E-state index in [4.69, 9.17) is 10.6 Å². The highest BCUT2D eigenvalue weighted by Gasteiger charge is 2.26. The molecule has 0 aliphatic rings. The second kappa shape index (κ2) is 7.62. The van der Waals surface area contributed by atoms with Crippen molar-refractivity contribution in [3.05, 3.63) is 0 Å². The van der Waals surface area contributed by atoms with Gasteiger partial charge in [-0.3, -0.25) is 15.1 Å².